The quantitative estimate of drug-likeness (QED) is 0.780. The molecule has 2 heterocycles. The fourth-order valence-electron chi connectivity index (χ4n) is 2.00. The summed E-state index contributed by atoms with van der Waals surface area (Å²) >= 11 is 3.30. The zero-order valence-electron chi connectivity index (χ0n) is 11.6. The van der Waals surface area contributed by atoms with Crippen molar-refractivity contribution in [2.75, 3.05) is 5.32 Å². The van der Waals surface area contributed by atoms with Gasteiger partial charge in [-0.1, -0.05) is 18.2 Å². The Morgan fingerprint density at radius 2 is 1.95 bits per heavy atom. The number of halogens is 1. The topological polar surface area (TPSA) is 59.8 Å². The molecule has 0 aliphatic carbocycles. The van der Waals surface area contributed by atoms with Crippen molar-refractivity contribution in [3.63, 3.8) is 0 Å². The number of pyridine rings is 1. The molecule has 0 radical (unpaired) electrons. The van der Waals surface area contributed by atoms with Crippen molar-refractivity contribution in [3.05, 3.63) is 71.1 Å². The highest BCUT2D eigenvalue weighted by Gasteiger charge is 2.07. The number of carbonyl (C=O) groups is 1. The first-order chi connectivity index (χ1) is 10.7. The van der Waals surface area contributed by atoms with Gasteiger partial charge in [-0.25, -0.2) is 9.67 Å². The first-order valence-electron chi connectivity index (χ1n) is 6.71. The van der Waals surface area contributed by atoms with E-state index in [1.54, 1.807) is 23.1 Å². The molecule has 0 unspecified atom stereocenters. The van der Waals surface area contributed by atoms with Crippen LogP contribution < -0.4 is 5.32 Å². The van der Waals surface area contributed by atoms with Crippen LogP contribution in [0.1, 0.15) is 5.56 Å². The van der Waals surface area contributed by atoms with Crippen molar-refractivity contribution in [2.45, 2.75) is 6.42 Å². The number of nitrogens with one attached hydrogen (secondary N) is 1. The van der Waals surface area contributed by atoms with E-state index in [9.17, 15) is 4.79 Å². The van der Waals surface area contributed by atoms with E-state index < -0.39 is 0 Å². The third-order valence-corrected chi connectivity index (χ3v) is 3.49. The number of anilines is 1. The molecular formula is C16H13BrN4O. The van der Waals surface area contributed by atoms with Crippen LogP contribution in [0.25, 0.3) is 5.69 Å². The molecule has 3 aromatic rings. The maximum absolute atomic E-state index is 12.0. The summed E-state index contributed by atoms with van der Waals surface area (Å²) < 4.78 is 2.62. The normalized spacial score (nSPS) is 10.4. The van der Waals surface area contributed by atoms with E-state index in [1.165, 1.54) is 0 Å². The second-order valence-corrected chi connectivity index (χ2v) is 5.63. The average molecular weight is 357 g/mol. The zero-order chi connectivity index (χ0) is 15.4. The SMILES string of the molecule is O=C(Cc1cnn(-c2ccccc2)c1)Nc1ccc(Br)cn1. The fourth-order valence-corrected chi connectivity index (χ4v) is 2.23. The molecule has 0 spiro atoms. The van der Waals surface area contributed by atoms with Gasteiger partial charge in [-0.05, 0) is 45.8 Å². The molecule has 5 nitrogen and oxygen atoms in total. The lowest BCUT2D eigenvalue weighted by molar-refractivity contribution is -0.115. The Bertz CT molecular complexity index is 768. The molecule has 110 valence electrons. The van der Waals surface area contributed by atoms with Crippen LogP contribution in [0, 0.1) is 0 Å². The molecule has 6 heteroatoms. The number of aromatic nitrogens is 3. The number of nitrogens with zero attached hydrogens (tertiary/aromatic N) is 3. The van der Waals surface area contributed by atoms with E-state index in [2.05, 4.69) is 31.3 Å². The Balaban J connectivity index is 1.65. The van der Waals surface area contributed by atoms with E-state index in [-0.39, 0.29) is 12.3 Å². The summed E-state index contributed by atoms with van der Waals surface area (Å²) in [6, 6.07) is 13.3. The second kappa shape index (κ2) is 6.53. The number of benzene rings is 1. The van der Waals surface area contributed by atoms with E-state index in [0.29, 0.717) is 5.82 Å². The van der Waals surface area contributed by atoms with Gasteiger partial charge in [0.2, 0.25) is 5.91 Å². The summed E-state index contributed by atoms with van der Waals surface area (Å²) in [7, 11) is 0. The molecule has 0 saturated heterocycles. The molecule has 22 heavy (non-hydrogen) atoms. The third kappa shape index (κ3) is 3.59. The van der Waals surface area contributed by atoms with Crippen molar-refractivity contribution >= 4 is 27.7 Å². The third-order valence-electron chi connectivity index (χ3n) is 3.02. The fraction of sp³-hybridized carbons (Fsp3) is 0.0625. The number of para-hydroxylation sites is 1. The summed E-state index contributed by atoms with van der Waals surface area (Å²) in [5.74, 6) is 0.408. The van der Waals surface area contributed by atoms with Gasteiger partial charge in [-0.3, -0.25) is 4.79 Å². The Labute approximate surface area is 136 Å². The molecule has 3 rings (SSSR count). The number of rotatable bonds is 4. The van der Waals surface area contributed by atoms with Crippen LogP contribution in [-0.2, 0) is 11.2 Å². The lowest BCUT2D eigenvalue weighted by Crippen LogP contribution is -2.14. The minimum absolute atomic E-state index is 0.123. The van der Waals surface area contributed by atoms with E-state index >= 15 is 0 Å². The Kier molecular flexibility index (Phi) is 4.29. The maximum Gasteiger partial charge on any atom is 0.230 e. The molecule has 1 aromatic carbocycles. The summed E-state index contributed by atoms with van der Waals surface area (Å²) in [5.41, 5.74) is 1.81. The van der Waals surface area contributed by atoms with Crippen molar-refractivity contribution in [1.29, 1.82) is 0 Å². The lowest BCUT2D eigenvalue weighted by Gasteiger charge is -2.03. The van der Waals surface area contributed by atoms with Crippen molar-refractivity contribution < 1.29 is 4.79 Å². The Morgan fingerprint density at radius 3 is 2.68 bits per heavy atom. The van der Waals surface area contributed by atoms with Crippen molar-refractivity contribution in [2.24, 2.45) is 0 Å². The van der Waals surface area contributed by atoms with Crippen molar-refractivity contribution in [1.82, 2.24) is 14.8 Å². The van der Waals surface area contributed by atoms with Gasteiger partial charge in [-0.2, -0.15) is 5.10 Å². The van der Waals surface area contributed by atoms with E-state index in [4.69, 9.17) is 0 Å². The molecular weight excluding hydrogens is 344 g/mol. The number of hydrogen-bond acceptors (Lipinski definition) is 3. The highest BCUT2D eigenvalue weighted by molar-refractivity contribution is 9.10. The molecule has 0 saturated carbocycles. The second-order valence-electron chi connectivity index (χ2n) is 4.72. The first kappa shape index (κ1) is 14.5. The Morgan fingerprint density at radius 1 is 1.14 bits per heavy atom. The van der Waals surface area contributed by atoms with Gasteiger partial charge in [0.05, 0.1) is 18.3 Å². The molecule has 0 aliphatic rings. The van der Waals surface area contributed by atoms with Gasteiger partial charge in [0.25, 0.3) is 0 Å². The van der Waals surface area contributed by atoms with Gasteiger partial charge >= 0.3 is 0 Å². The lowest BCUT2D eigenvalue weighted by atomic mass is 10.2. The molecule has 2 aromatic heterocycles. The van der Waals surface area contributed by atoms with Gasteiger partial charge in [0, 0.05) is 16.9 Å². The Hall–Kier alpha value is -2.47. The standard InChI is InChI=1S/C16H13BrN4O/c17-13-6-7-15(18-10-13)20-16(22)8-12-9-19-21(11-12)14-4-2-1-3-5-14/h1-7,9-11H,8H2,(H,18,20,22). The number of amides is 1. The van der Waals surface area contributed by atoms with Crippen LogP contribution in [-0.4, -0.2) is 20.7 Å². The van der Waals surface area contributed by atoms with Gasteiger partial charge in [0.1, 0.15) is 5.82 Å². The predicted octanol–water partition coefficient (Wildman–Crippen LogP) is 3.21. The largest absolute Gasteiger partial charge is 0.310 e. The minimum Gasteiger partial charge on any atom is -0.310 e. The monoisotopic (exact) mass is 356 g/mol. The van der Waals surface area contributed by atoms with E-state index in [0.717, 1.165) is 15.7 Å². The molecule has 0 fully saturated rings. The van der Waals surface area contributed by atoms with Crippen molar-refractivity contribution in [3.8, 4) is 5.69 Å². The predicted molar refractivity (Wildman–Crippen MR) is 87.8 cm³/mol. The number of carbonyl (C=O) groups excluding carboxylic acids is 1. The van der Waals surface area contributed by atoms with Crippen LogP contribution in [0.4, 0.5) is 5.82 Å². The van der Waals surface area contributed by atoms with Crippen LogP contribution in [0.2, 0.25) is 0 Å². The smallest absolute Gasteiger partial charge is 0.230 e. The summed E-state index contributed by atoms with van der Waals surface area (Å²) in [6.45, 7) is 0. The molecule has 1 N–H and O–H groups in total. The highest BCUT2D eigenvalue weighted by Crippen LogP contribution is 2.12. The summed E-state index contributed by atoms with van der Waals surface area (Å²) in [5, 5.41) is 7.03. The molecule has 1 amide bonds. The number of hydrogen-bond donors (Lipinski definition) is 1. The minimum atomic E-state index is -0.123. The molecule has 0 atom stereocenters. The zero-order valence-corrected chi connectivity index (χ0v) is 13.2. The van der Waals surface area contributed by atoms with E-state index in [1.807, 2.05) is 42.6 Å². The molecule has 0 bridgehead atoms. The van der Waals surface area contributed by atoms with Crippen LogP contribution in [0.3, 0.4) is 0 Å². The maximum atomic E-state index is 12.0. The van der Waals surface area contributed by atoms with Crippen LogP contribution >= 0.6 is 15.9 Å². The highest BCUT2D eigenvalue weighted by atomic mass is 79.9. The van der Waals surface area contributed by atoms with Gasteiger partial charge in [0.15, 0.2) is 0 Å². The summed E-state index contributed by atoms with van der Waals surface area (Å²) in [4.78, 5) is 16.1. The first-order valence-corrected chi connectivity index (χ1v) is 7.50. The van der Waals surface area contributed by atoms with Gasteiger partial charge in [-0.15, -0.1) is 0 Å². The molecule has 0 aliphatic heterocycles. The average Bonchev–Trinajstić information content (AvgIpc) is 2.99. The van der Waals surface area contributed by atoms with Gasteiger partial charge < -0.3 is 5.32 Å². The van der Waals surface area contributed by atoms with Crippen LogP contribution in [0.15, 0.2) is 65.5 Å². The summed E-state index contributed by atoms with van der Waals surface area (Å²) in [6.07, 6.45) is 5.44. The van der Waals surface area contributed by atoms with Crippen LogP contribution in [0.5, 0.6) is 0 Å².